The molecule has 0 aliphatic carbocycles. The molecule has 0 unspecified atom stereocenters. The molecule has 1 aromatic carbocycles. The molecule has 0 atom stereocenters. The van der Waals surface area contributed by atoms with Crippen molar-refractivity contribution >= 4 is 58.5 Å². The van der Waals surface area contributed by atoms with Crippen molar-refractivity contribution in [1.82, 2.24) is 9.80 Å². The Morgan fingerprint density at radius 1 is 1.32 bits per heavy atom. The molecule has 1 aliphatic heterocycles. The van der Waals surface area contributed by atoms with Gasteiger partial charge in [-0.15, -0.1) is 0 Å². The maximum absolute atomic E-state index is 12.4. The topological polar surface area (TPSA) is 59.1 Å². The van der Waals surface area contributed by atoms with Gasteiger partial charge in [0.15, 0.2) is 10.9 Å². The highest BCUT2D eigenvalue weighted by atomic mass is 35.5. The fraction of sp³-hybridized carbons (Fsp3) is 0.312. The van der Waals surface area contributed by atoms with E-state index in [2.05, 4.69) is 4.74 Å². The van der Waals surface area contributed by atoms with Crippen molar-refractivity contribution in [3.63, 3.8) is 0 Å². The maximum Gasteiger partial charge on any atom is 0.325 e. The minimum atomic E-state index is -0.515. The van der Waals surface area contributed by atoms with Crippen LogP contribution in [0.3, 0.4) is 0 Å². The van der Waals surface area contributed by atoms with Gasteiger partial charge in [-0.3, -0.25) is 14.5 Å². The quantitative estimate of drug-likeness (QED) is 0.428. The summed E-state index contributed by atoms with van der Waals surface area (Å²) in [7, 11) is 2.80. The molecular formula is C16H16Cl2N2O4S. The lowest BCUT2D eigenvalue weighted by Crippen LogP contribution is -2.33. The highest BCUT2D eigenvalue weighted by Gasteiger charge is 2.36. The van der Waals surface area contributed by atoms with E-state index in [1.54, 1.807) is 18.2 Å². The molecule has 1 fully saturated rings. The molecule has 1 saturated heterocycles. The van der Waals surface area contributed by atoms with Crippen LogP contribution in [0.2, 0.25) is 10.0 Å². The Balaban J connectivity index is 2.44. The van der Waals surface area contributed by atoms with E-state index in [0.29, 0.717) is 28.0 Å². The van der Waals surface area contributed by atoms with E-state index in [4.69, 9.17) is 40.2 Å². The van der Waals surface area contributed by atoms with Gasteiger partial charge in [0.1, 0.15) is 12.2 Å². The second-order valence-electron chi connectivity index (χ2n) is 5.09. The van der Waals surface area contributed by atoms with Crippen molar-refractivity contribution in [2.45, 2.75) is 6.92 Å². The Hall–Kier alpha value is -1.83. The van der Waals surface area contributed by atoms with Gasteiger partial charge in [-0.2, -0.15) is 0 Å². The molecule has 1 aromatic rings. The highest BCUT2D eigenvalue weighted by molar-refractivity contribution is 7.80. The van der Waals surface area contributed by atoms with Crippen LogP contribution in [-0.4, -0.2) is 54.1 Å². The van der Waals surface area contributed by atoms with Crippen LogP contribution in [0.5, 0.6) is 5.75 Å². The summed E-state index contributed by atoms with van der Waals surface area (Å²) in [6, 6.07) is 3.24. The van der Waals surface area contributed by atoms with Gasteiger partial charge in [-0.05, 0) is 42.9 Å². The van der Waals surface area contributed by atoms with E-state index >= 15 is 0 Å². The molecule has 6 nitrogen and oxygen atoms in total. The van der Waals surface area contributed by atoms with E-state index in [1.165, 1.54) is 24.0 Å². The fourth-order valence-electron chi connectivity index (χ4n) is 2.25. The van der Waals surface area contributed by atoms with Crippen LogP contribution in [0.25, 0.3) is 6.08 Å². The number of benzene rings is 1. The molecule has 0 radical (unpaired) electrons. The predicted octanol–water partition coefficient (Wildman–Crippen LogP) is 2.96. The second kappa shape index (κ2) is 8.03. The number of hydrogen-bond acceptors (Lipinski definition) is 5. The number of thiocarbonyl (C=S) groups is 1. The molecule has 0 spiro atoms. The van der Waals surface area contributed by atoms with Crippen LogP contribution < -0.4 is 4.74 Å². The van der Waals surface area contributed by atoms with Crippen molar-refractivity contribution in [3.8, 4) is 5.75 Å². The molecule has 25 heavy (non-hydrogen) atoms. The number of likely N-dealkylation sites (N-methyl/N-ethyl adjacent to an activating group) is 1. The molecular weight excluding hydrogens is 387 g/mol. The minimum Gasteiger partial charge on any atom is -0.491 e. The molecule has 2 rings (SSSR count). The fourth-order valence-corrected chi connectivity index (χ4v) is 3.11. The van der Waals surface area contributed by atoms with E-state index in [-0.39, 0.29) is 23.3 Å². The Morgan fingerprint density at radius 3 is 2.44 bits per heavy atom. The molecule has 134 valence electrons. The summed E-state index contributed by atoms with van der Waals surface area (Å²) < 4.78 is 10.0. The first-order valence-corrected chi connectivity index (χ1v) is 8.46. The zero-order valence-electron chi connectivity index (χ0n) is 13.8. The zero-order valence-corrected chi connectivity index (χ0v) is 16.2. The number of methoxy groups -OCH3 is 1. The third kappa shape index (κ3) is 4.05. The number of amides is 1. The zero-order chi connectivity index (χ0) is 18.7. The Bertz CT molecular complexity index is 743. The monoisotopic (exact) mass is 402 g/mol. The first-order chi connectivity index (χ1) is 11.8. The number of hydrogen-bond donors (Lipinski definition) is 0. The Morgan fingerprint density at radius 2 is 1.92 bits per heavy atom. The molecule has 1 aliphatic rings. The predicted molar refractivity (Wildman–Crippen MR) is 99.7 cm³/mol. The lowest BCUT2D eigenvalue weighted by molar-refractivity contribution is -0.140. The second-order valence-corrected chi connectivity index (χ2v) is 6.26. The van der Waals surface area contributed by atoms with Gasteiger partial charge >= 0.3 is 5.97 Å². The summed E-state index contributed by atoms with van der Waals surface area (Å²) in [5, 5.41) is 0.856. The number of carbonyl (C=O) groups excluding carboxylic acids is 2. The maximum atomic E-state index is 12.4. The molecule has 0 bridgehead atoms. The Labute approximate surface area is 160 Å². The molecule has 1 amide bonds. The number of halogens is 2. The van der Waals surface area contributed by atoms with Gasteiger partial charge in [-0.1, -0.05) is 23.2 Å². The van der Waals surface area contributed by atoms with Crippen molar-refractivity contribution in [2.24, 2.45) is 0 Å². The number of nitrogens with zero attached hydrogens (tertiary/aromatic N) is 2. The van der Waals surface area contributed by atoms with E-state index < -0.39 is 5.97 Å². The summed E-state index contributed by atoms with van der Waals surface area (Å²) in [4.78, 5) is 26.7. The first-order valence-electron chi connectivity index (χ1n) is 7.30. The lowest BCUT2D eigenvalue weighted by atomic mass is 10.1. The van der Waals surface area contributed by atoms with Crippen molar-refractivity contribution in [2.75, 3.05) is 27.3 Å². The van der Waals surface area contributed by atoms with Crippen molar-refractivity contribution in [1.29, 1.82) is 0 Å². The number of esters is 1. The minimum absolute atomic E-state index is 0.171. The Kier molecular flexibility index (Phi) is 6.26. The first kappa shape index (κ1) is 19.5. The van der Waals surface area contributed by atoms with Crippen molar-refractivity contribution in [3.05, 3.63) is 33.4 Å². The third-order valence-electron chi connectivity index (χ3n) is 3.46. The van der Waals surface area contributed by atoms with Gasteiger partial charge in [0.25, 0.3) is 5.91 Å². The van der Waals surface area contributed by atoms with Crippen LogP contribution in [0.4, 0.5) is 0 Å². The normalized spacial score (nSPS) is 16.0. The lowest BCUT2D eigenvalue weighted by Gasteiger charge is -2.17. The molecule has 0 N–H and O–H groups in total. The number of rotatable bonds is 5. The van der Waals surface area contributed by atoms with Crippen LogP contribution in [0.1, 0.15) is 12.5 Å². The van der Waals surface area contributed by atoms with E-state index in [9.17, 15) is 9.59 Å². The smallest absolute Gasteiger partial charge is 0.325 e. The largest absolute Gasteiger partial charge is 0.491 e. The van der Waals surface area contributed by atoms with Gasteiger partial charge in [-0.25, -0.2) is 0 Å². The number of carbonyl (C=O) groups is 2. The van der Waals surface area contributed by atoms with E-state index in [1.807, 2.05) is 6.92 Å². The third-order valence-corrected chi connectivity index (χ3v) is 4.52. The SMILES string of the molecule is CCOc1c(Cl)cc(/C=C2\C(=O)N(C)C(=S)N2CC(=O)OC)cc1Cl. The van der Waals surface area contributed by atoms with Crippen LogP contribution in [0, 0.1) is 0 Å². The molecule has 9 heteroatoms. The van der Waals surface area contributed by atoms with Gasteiger partial charge in [0.2, 0.25) is 0 Å². The summed E-state index contributed by atoms with van der Waals surface area (Å²) in [5.41, 5.74) is 0.809. The average Bonchev–Trinajstić information content (AvgIpc) is 2.76. The van der Waals surface area contributed by atoms with Crippen molar-refractivity contribution < 1.29 is 19.1 Å². The summed E-state index contributed by atoms with van der Waals surface area (Å²) in [6.07, 6.45) is 1.56. The molecule has 0 saturated carbocycles. The summed E-state index contributed by atoms with van der Waals surface area (Å²) in [5.74, 6) is -0.473. The van der Waals surface area contributed by atoms with Gasteiger partial charge in [0.05, 0.1) is 23.8 Å². The van der Waals surface area contributed by atoms with Crippen LogP contribution in [-0.2, 0) is 14.3 Å². The van der Waals surface area contributed by atoms with Gasteiger partial charge in [0, 0.05) is 7.05 Å². The number of ether oxygens (including phenoxy) is 2. The van der Waals surface area contributed by atoms with Gasteiger partial charge < -0.3 is 14.4 Å². The molecule has 1 heterocycles. The van der Waals surface area contributed by atoms with E-state index in [0.717, 1.165) is 0 Å². The van der Waals surface area contributed by atoms with Crippen LogP contribution in [0.15, 0.2) is 17.8 Å². The summed E-state index contributed by atoms with van der Waals surface area (Å²) >= 11 is 17.6. The summed E-state index contributed by atoms with van der Waals surface area (Å²) in [6.45, 7) is 2.07. The standard InChI is InChI=1S/C16H16Cl2N2O4S/c1-4-24-14-10(17)5-9(6-11(14)18)7-12-15(22)19(2)16(25)20(12)8-13(21)23-3/h5-7H,4,8H2,1-3H3/b12-7+. The average molecular weight is 403 g/mol. The highest BCUT2D eigenvalue weighted by Crippen LogP contribution is 2.35. The molecule has 0 aromatic heterocycles. The van der Waals surface area contributed by atoms with Crippen LogP contribution >= 0.6 is 35.4 Å².